The van der Waals surface area contributed by atoms with Gasteiger partial charge < -0.3 is 35.2 Å². The molecule has 12 nitrogen and oxygen atoms in total. The fraction of sp³-hybridized carbons (Fsp3) is 0.981. The summed E-state index contributed by atoms with van der Waals surface area (Å²) in [5.74, 6) is -0.226. The Labute approximate surface area is 398 Å². The summed E-state index contributed by atoms with van der Waals surface area (Å²) in [4.78, 5) is 13.1. The molecule has 0 spiro atoms. The first-order valence-electron chi connectivity index (χ1n) is 27.4. The van der Waals surface area contributed by atoms with E-state index in [1.165, 1.54) is 193 Å². The Morgan fingerprint density at radius 2 is 0.892 bits per heavy atom. The largest absolute Gasteiger partial charge is 0.397 e. The van der Waals surface area contributed by atoms with Crippen LogP contribution in [0, 0.1) is 0 Å². The fourth-order valence-corrected chi connectivity index (χ4v) is 9.68. The highest BCUT2D eigenvalue weighted by Crippen LogP contribution is 2.26. The number of amides is 1. The van der Waals surface area contributed by atoms with Crippen LogP contribution in [0.4, 0.5) is 0 Å². The van der Waals surface area contributed by atoms with Crippen LogP contribution in [0.25, 0.3) is 0 Å². The molecule has 65 heavy (non-hydrogen) atoms. The van der Waals surface area contributed by atoms with Gasteiger partial charge in [-0.15, -0.1) is 0 Å². The number of ether oxygens (including phenoxy) is 2. The van der Waals surface area contributed by atoms with Gasteiger partial charge in [0.25, 0.3) is 0 Å². The first-order valence-corrected chi connectivity index (χ1v) is 28.8. The molecule has 1 heterocycles. The van der Waals surface area contributed by atoms with Crippen LogP contribution < -0.4 is 5.32 Å². The summed E-state index contributed by atoms with van der Waals surface area (Å²) in [5, 5.41) is 44.8. The highest BCUT2D eigenvalue weighted by Gasteiger charge is 2.48. The van der Waals surface area contributed by atoms with E-state index in [0.717, 1.165) is 51.4 Å². The summed E-state index contributed by atoms with van der Waals surface area (Å²) in [5.41, 5.74) is 0. The SMILES string of the molecule is CCCCCCCCCCCCCCCCCCCCCCCCCCCCCCCC(=O)NC(COC1OC(CO)C(O)C(OS(=O)(=O)O)C1O)C(O)CCCCCCCCCCC. The Hall–Kier alpha value is -0.900. The fourth-order valence-electron chi connectivity index (χ4n) is 9.17. The second-order valence-electron chi connectivity index (χ2n) is 19.5. The monoisotopic (exact) mass is 950 g/mol. The predicted molar refractivity (Wildman–Crippen MR) is 264 cm³/mol. The van der Waals surface area contributed by atoms with Crippen molar-refractivity contribution in [2.45, 2.75) is 314 Å². The van der Waals surface area contributed by atoms with E-state index in [1.807, 2.05) is 0 Å². The van der Waals surface area contributed by atoms with E-state index in [-0.39, 0.29) is 12.5 Å². The van der Waals surface area contributed by atoms with Crippen molar-refractivity contribution >= 4 is 16.3 Å². The molecule has 7 atom stereocenters. The van der Waals surface area contributed by atoms with Gasteiger partial charge in [0.05, 0.1) is 25.4 Å². The van der Waals surface area contributed by atoms with Crippen molar-refractivity contribution in [3.63, 3.8) is 0 Å². The van der Waals surface area contributed by atoms with Crippen molar-refractivity contribution in [1.82, 2.24) is 5.32 Å². The van der Waals surface area contributed by atoms with Crippen molar-refractivity contribution in [1.29, 1.82) is 0 Å². The first-order chi connectivity index (χ1) is 31.5. The van der Waals surface area contributed by atoms with E-state index in [1.54, 1.807) is 0 Å². The number of hydrogen-bond acceptors (Lipinski definition) is 10. The number of nitrogens with one attached hydrogen (secondary N) is 1. The number of carbonyl (C=O) groups excluding carboxylic acids is 1. The van der Waals surface area contributed by atoms with Crippen LogP contribution in [0.1, 0.15) is 271 Å². The molecule has 0 aromatic carbocycles. The molecule has 7 unspecified atom stereocenters. The van der Waals surface area contributed by atoms with Gasteiger partial charge in [0.2, 0.25) is 5.91 Å². The Balaban J connectivity index is 2.20. The topological polar surface area (TPSA) is 192 Å². The van der Waals surface area contributed by atoms with E-state index >= 15 is 0 Å². The van der Waals surface area contributed by atoms with Crippen LogP contribution in [0.5, 0.6) is 0 Å². The van der Waals surface area contributed by atoms with Gasteiger partial charge in [-0.05, 0) is 12.8 Å². The van der Waals surface area contributed by atoms with Crippen LogP contribution in [0.15, 0.2) is 0 Å². The molecular weight excluding hydrogens is 847 g/mol. The summed E-state index contributed by atoms with van der Waals surface area (Å²) in [7, 11) is -5.07. The molecule has 1 fully saturated rings. The van der Waals surface area contributed by atoms with Crippen LogP contribution in [0.3, 0.4) is 0 Å². The summed E-state index contributed by atoms with van der Waals surface area (Å²) in [6, 6.07) is -0.851. The van der Waals surface area contributed by atoms with Crippen molar-refractivity contribution in [3.05, 3.63) is 0 Å². The average Bonchev–Trinajstić information content (AvgIpc) is 3.28. The van der Waals surface area contributed by atoms with E-state index in [4.69, 9.17) is 9.47 Å². The van der Waals surface area contributed by atoms with E-state index in [0.29, 0.717) is 12.8 Å². The lowest BCUT2D eigenvalue weighted by atomic mass is 9.99. The summed E-state index contributed by atoms with van der Waals surface area (Å²) in [6.07, 6.45) is 40.1. The zero-order valence-electron chi connectivity index (χ0n) is 41.8. The van der Waals surface area contributed by atoms with Gasteiger partial charge in [0.15, 0.2) is 6.29 Å². The third-order valence-corrected chi connectivity index (χ3v) is 13.9. The molecule has 1 rings (SSSR count). The highest BCUT2D eigenvalue weighted by atomic mass is 32.3. The molecule has 1 aliphatic heterocycles. The molecule has 0 aromatic rings. The molecule has 0 radical (unpaired) electrons. The average molecular weight is 950 g/mol. The molecule has 1 saturated heterocycles. The number of rotatable bonds is 48. The number of unbranched alkanes of at least 4 members (excludes halogenated alkanes) is 36. The molecule has 0 saturated carbocycles. The van der Waals surface area contributed by atoms with Gasteiger partial charge >= 0.3 is 10.4 Å². The normalized spacial score (nSPS) is 20.0. The van der Waals surface area contributed by atoms with Crippen molar-refractivity contribution < 1.29 is 51.8 Å². The maximum absolute atomic E-state index is 13.1. The van der Waals surface area contributed by atoms with Crippen LogP contribution in [0.2, 0.25) is 0 Å². The smallest absolute Gasteiger partial charge is 0.394 e. The molecule has 0 bridgehead atoms. The third kappa shape index (κ3) is 35.8. The summed E-state index contributed by atoms with van der Waals surface area (Å²) < 4.78 is 47.7. The second-order valence-corrected chi connectivity index (χ2v) is 20.6. The molecule has 0 aliphatic carbocycles. The van der Waals surface area contributed by atoms with Crippen LogP contribution in [-0.4, -0.2) is 95.4 Å². The summed E-state index contributed by atoms with van der Waals surface area (Å²) in [6.45, 7) is 3.45. The number of hydrogen-bond donors (Lipinski definition) is 6. The lowest BCUT2D eigenvalue weighted by molar-refractivity contribution is -0.298. The van der Waals surface area contributed by atoms with Gasteiger partial charge in [-0.25, -0.2) is 4.18 Å². The van der Waals surface area contributed by atoms with Crippen LogP contribution in [-0.2, 0) is 28.9 Å². The van der Waals surface area contributed by atoms with Gasteiger partial charge in [-0.3, -0.25) is 9.35 Å². The van der Waals surface area contributed by atoms with Crippen molar-refractivity contribution in [2.75, 3.05) is 13.2 Å². The minimum absolute atomic E-state index is 0.226. The first kappa shape index (κ1) is 62.1. The van der Waals surface area contributed by atoms with Crippen molar-refractivity contribution in [2.24, 2.45) is 0 Å². The Kier molecular flexibility index (Phi) is 41.2. The van der Waals surface area contributed by atoms with E-state index in [2.05, 4.69) is 23.3 Å². The highest BCUT2D eigenvalue weighted by molar-refractivity contribution is 7.80. The zero-order chi connectivity index (χ0) is 47.6. The third-order valence-electron chi connectivity index (χ3n) is 13.4. The molecule has 0 aromatic heterocycles. The molecule has 1 amide bonds. The summed E-state index contributed by atoms with van der Waals surface area (Å²) >= 11 is 0. The minimum atomic E-state index is -5.07. The standard InChI is InChI=1S/C52H103NO11S/c1-3-5-7-9-11-13-14-15-16-17-18-19-20-21-22-23-24-25-26-27-28-29-30-31-32-34-36-38-40-42-48(56)53-45(46(55)41-39-37-35-33-12-10-8-6-4-2)44-62-52-50(58)51(64-65(59,60)61)49(57)47(43-54)63-52/h45-47,49-52,54-55,57-58H,3-44H2,1-2H3,(H,53,56)(H,59,60,61). The molecular formula is C52H103NO11S. The zero-order valence-corrected chi connectivity index (χ0v) is 42.7. The number of aliphatic hydroxyl groups excluding tert-OH is 4. The van der Waals surface area contributed by atoms with Gasteiger partial charge in [-0.1, -0.05) is 251 Å². The maximum Gasteiger partial charge on any atom is 0.397 e. The Morgan fingerprint density at radius 1 is 0.554 bits per heavy atom. The molecule has 1 aliphatic rings. The minimum Gasteiger partial charge on any atom is -0.394 e. The second kappa shape index (κ2) is 43.1. The lowest BCUT2D eigenvalue weighted by Gasteiger charge is -2.41. The lowest BCUT2D eigenvalue weighted by Crippen LogP contribution is -2.61. The molecule has 13 heteroatoms. The van der Waals surface area contributed by atoms with Gasteiger partial charge in [0, 0.05) is 6.42 Å². The Bertz CT molecular complexity index is 1160. The number of aliphatic hydroxyl groups is 4. The molecule has 388 valence electrons. The molecule has 6 N–H and O–H groups in total. The van der Waals surface area contributed by atoms with Crippen molar-refractivity contribution in [3.8, 4) is 0 Å². The van der Waals surface area contributed by atoms with Crippen LogP contribution >= 0.6 is 0 Å². The number of carbonyl (C=O) groups is 1. The van der Waals surface area contributed by atoms with Gasteiger partial charge in [0.1, 0.15) is 24.4 Å². The maximum atomic E-state index is 13.1. The van der Waals surface area contributed by atoms with Gasteiger partial charge in [-0.2, -0.15) is 8.42 Å². The predicted octanol–water partition coefficient (Wildman–Crippen LogP) is 12.1. The quantitative estimate of drug-likeness (QED) is 0.0251. The Morgan fingerprint density at radius 3 is 1.23 bits per heavy atom. The van der Waals surface area contributed by atoms with E-state index < -0.39 is 59.9 Å². The van der Waals surface area contributed by atoms with E-state index in [9.17, 15) is 38.2 Å².